The van der Waals surface area contributed by atoms with E-state index in [1.54, 1.807) is 6.20 Å². The van der Waals surface area contributed by atoms with E-state index in [9.17, 15) is 4.79 Å². The average molecular weight is 220 g/mol. The van der Waals surface area contributed by atoms with Crippen LogP contribution in [0.4, 0.5) is 4.79 Å². The molecule has 1 aromatic rings. The maximum absolute atomic E-state index is 10.9. The summed E-state index contributed by atoms with van der Waals surface area (Å²) in [5.41, 5.74) is 1.22. The second-order valence-corrected chi connectivity index (χ2v) is 4.39. The molecule has 0 spiro atoms. The van der Waals surface area contributed by atoms with E-state index in [1.807, 2.05) is 12.3 Å². The first-order valence-corrected chi connectivity index (χ1v) is 5.56. The van der Waals surface area contributed by atoms with Crippen molar-refractivity contribution in [1.82, 2.24) is 9.88 Å². The second-order valence-electron chi connectivity index (χ2n) is 4.39. The van der Waals surface area contributed by atoms with Gasteiger partial charge in [0.05, 0.1) is 0 Å². The number of likely N-dealkylation sites (tertiary alicyclic amines) is 1. The van der Waals surface area contributed by atoms with Crippen LogP contribution >= 0.6 is 0 Å². The van der Waals surface area contributed by atoms with Gasteiger partial charge in [-0.1, -0.05) is 13.0 Å². The monoisotopic (exact) mass is 220 g/mol. The van der Waals surface area contributed by atoms with E-state index < -0.39 is 6.09 Å². The fourth-order valence-electron chi connectivity index (χ4n) is 2.41. The van der Waals surface area contributed by atoms with E-state index in [4.69, 9.17) is 5.11 Å². The summed E-state index contributed by atoms with van der Waals surface area (Å²) in [6.07, 6.45) is 3.73. The van der Waals surface area contributed by atoms with Crippen LogP contribution < -0.4 is 0 Å². The number of rotatable bonds is 1. The van der Waals surface area contributed by atoms with Crippen LogP contribution in [-0.4, -0.2) is 34.2 Å². The number of pyridine rings is 1. The van der Waals surface area contributed by atoms with Crippen molar-refractivity contribution in [3.05, 3.63) is 30.1 Å². The molecule has 0 aliphatic carbocycles. The summed E-state index contributed by atoms with van der Waals surface area (Å²) in [5, 5.41) is 8.93. The number of aromatic nitrogens is 1. The van der Waals surface area contributed by atoms with Gasteiger partial charge in [-0.25, -0.2) is 4.79 Å². The smallest absolute Gasteiger partial charge is 0.407 e. The van der Waals surface area contributed by atoms with Crippen molar-refractivity contribution in [2.45, 2.75) is 19.3 Å². The molecule has 0 bridgehead atoms. The van der Waals surface area contributed by atoms with Gasteiger partial charge in [0.1, 0.15) is 0 Å². The lowest BCUT2D eigenvalue weighted by molar-refractivity contribution is 0.116. The van der Waals surface area contributed by atoms with Crippen LogP contribution in [0.5, 0.6) is 0 Å². The van der Waals surface area contributed by atoms with E-state index >= 15 is 0 Å². The molecule has 1 aromatic heterocycles. The van der Waals surface area contributed by atoms with Gasteiger partial charge in [0.15, 0.2) is 0 Å². The number of nitrogens with zero attached hydrogens (tertiary/aromatic N) is 2. The molecular formula is C12H16N2O2. The van der Waals surface area contributed by atoms with Gasteiger partial charge < -0.3 is 10.0 Å². The molecule has 0 saturated carbocycles. The largest absolute Gasteiger partial charge is 0.465 e. The van der Waals surface area contributed by atoms with E-state index in [-0.39, 0.29) is 0 Å². The number of carboxylic acid groups (broad SMARTS) is 1. The molecule has 1 fully saturated rings. The van der Waals surface area contributed by atoms with E-state index in [0.29, 0.717) is 24.9 Å². The van der Waals surface area contributed by atoms with Crippen LogP contribution in [0.15, 0.2) is 24.5 Å². The average Bonchev–Trinajstić information content (AvgIpc) is 2.30. The van der Waals surface area contributed by atoms with E-state index in [1.165, 1.54) is 10.5 Å². The number of piperidine rings is 1. The van der Waals surface area contributed by atoms with Gasteiger partial charge in [-0.05, 0) is 29.9 Å². The van der Waals surface area contributed by atoms with E-state index in [2.05, 4.69) is 18.0 Å². The summed E-state index contributed by atoms with van der Waals surface area (Å²) in [4.78, 5) is 16.5. The van der Waals surface area contributed by atoms with Crippen molar-refractivity contribution in [2.24, 2.45) is 5.92 Å². The Kier molecular flexibility index (Phi) is 3.08. The Morgan fingerprint density at radius 2 is 2.44 bits per heavy atom. The lowest BCUT2D eigenvalue weighted by Crippen LogP contribution is -2.41. The third-order valence-corrected chi connectivity index (χ3v) is 3.29. The Labute approximate surface area is 94.9 Å². The summed E-state index contributed by atoms with van der Waals surface area (Å²) in [6.45, 7) is 3.35. The fraction of sp³-hybridized carbons (Fsp3) is 0.500. The minimum Gasteiger partial charge on any atom is -0.465 e. The molecule has 4 nitrogen and oxygen atoms in total. The summed E-state index contributed by atoms with van der Waals surface area (Å²) in [7, 11) is 0. The van der Waals surface area contributed by atoms with Crippen LogP contribution in [0.3, 0.4) is 0 Å². The Hall–Kier alpha value is -1.58. The number of hydrogen-bond donors (Lipinski definition) is 1. The van der Waals surface area contributed by atoms with Crippen LogP contribution in [0.2, 0.25) is 0 Å². The Morgan fingerprint density at radius 1 is 1.62 bits per heavy atom. The van der Waals surface area contributed by atoms with Gasteiger partial charge in [0.2, 0.25) is 0 Å². The maximum atomic E-state index is 10.9. The molecule has 1 N–H and O–H groups in total. The van der Waals surface area contributed by atoms with Gasteiger partial charge in [0.25, 0.3) is 0 Å². The molecule has 0 radical (unpaired) electrons. The summed E-state index contributed by atoms with van der Waals surface area (Å²) < 4.78 is 0. The first kappa shape index (κ1) is 10.9. The highest BCUT2D eigenvalue weighted by molar-refractivity contribution is 5.65. The molecule has 0 aromatic carbocycles. The van der Waals surface area contributed by atoms with Crippen molar-refractivity contribution < 1.29 is 9.90 Å². The van der Waals surface area contributed by atoms with Gasteiger partial charge >= 0.3 is 6.09 Å². The number of hydrogen-bond acceptors (Lipinski definition) is 2. The molecule has 1 aliphatic rings. The quantitative estimate of drug-likeness (QED) is 0.789. The van der Waals surface area contributed by atoms with Crippen LogP contribution in [0.1, 0.15) is 24.8 Å². The van der Waals surface area contributed by atoms with Gasteiger partial charge in [-0.3, -0.25) is 4.98 Å². The van der Waals surface area contributed by atoms with Crippen molar-refractivity contribution in [3.8, 4) is 0 Å². The SMILES string of the molecule is CC1CN(C(=O)O)CCC1c1cccnc1. The molecule has 1 aliphatic heterocycles. The predicted octanol–water partition coefficient (Wildman–Crippen LogP) is 2.19. The topological polar surface area (TPSA) is 53.4 Å². The lowest BCUT2D eigenvalue weighted by Gasteiger charge is -2.35. The third kappa shape index (κ3) is 2.15. The highest BCUT2D eigenvalue weighted by atomic mass is 16.4. The molecule has 2 atom stereocenters. The molecular weight excluding hydrogens is 204 g/mol. The van der Waals surface area contributed by atoms with Crippen molar-refractivity contribution in [3.63, 3.8) is 0 Å². The first-order chi connectivity index (χ1) is 7.68. The third-order valence-electron chi connectivity index (χ3n) is 3.29. The first-order valence-electron chi connectivity index (χ1n) is 5.56. The molecule has 86 valence electrons. The minimum absolute atomic E-state index is 0.356. The highest BCUT2D eigenvalue weighted by Crippen LogP contribution is 2.32. The second kappa shape index (κ2) is 4.51. The van der Waals surface area contributed by atoms with Gasteiger partial charge in [0, 0.05) is 25.5 Å². The molecule has 1 saturated heterocycles. The zero-order valence-corrected chi connectivity index (χ0v) is 9.34. The van der Waals surface area contributed by atoms with Crippen LogP contribution in [-0.2, 0) is 0 Å². The van der Waals surface area contributed by atoms with Crippen LogP contribution in [0, 0.1) is 5.92 Å². The Balaban J connectivity index is 2.08. The predicted molar refractivity (Wildman–Crippen MR) is 60.4 cm³/mol. The highest BCUT2D eigenvalue weighted by Gasteiger charge is 2.29. The molecule has 1 amide bonds. The minimum atomic E-state index is -0.809. The lowest BCUT2D eigenvalue weighted by atomic mass is 9.82. The summed E-state index contributed by atoms with van der Waals surface area (Å²) in [6, 6.07) is 4.01. The number of carbonyl (C=O) groups is 1. The van der Waals surface area contributed by atoms with Crippen molar-refractivity contribution in [2.75, 3.05) is 13.1 Å². The molecule has 2 rings (SSSR count). The molecule has 2 unspecified atom stereocenters. The zero-order valence-electron chi connectivity index (χ0n) is 9.34. The Morgan fingerprint density at radius 3 is 3.00 bits per heavy atom. The molecule has 2 heterocycles. The zero-order chi connectivity index (χ0) is 11.5. The summed E-state index contributed by atoms with van der Waals surface area (Å²) >= 11 is 0. The Bertz CT molecular complexity index is 367. The number of amides is 1. The normalized spacial score (nSPS) is 25.4. The standard InChI is InChI=1S/C12H16N2O2/c1-9-8-14(12(15)16)6-4-11(9)10-3-2-5-13-7-10/h2-3,5,7,9,11H,4,6,8H2,1H3,(H,15,16). The van der Waals surface area contributed by atoms with E-state index in [0.717, 1.165) is 6.42 Å². The summed E-state index contributed by atoms with van der Waals surface area (Å²) in [5.74, 6) is 0.790. The van der Waals surface area contributed by atoms with Gasteiger partial charge in [-0.2, -0.15) is 0 Å². The van der Waals surface area contributed by atoms with Crippen molar-refractivity contribution in [1.29, 1.82) is 0 Å². The molecule has 4 heteroatoms. The molecule has 16 heavy (non-hydrogen) atoms. The maximum Gasteiger partial charge on any atom is 0.407 e. The van der Waals surface area contributed by atoms with Crippen molar-refractivity contribution >= 4 is 6.09 Å². The van der Waals surface area contributed by atoms with Crippen LogP contribution in [0.25, 0.3) is 0 Å². The van der Waals surface area contributed by atoms with Gasteiger partial charge in [-0.15, -0.1) is 0 Å². The fourth-order valence-corrected chi connectivity index (χ4v) is 2.41.